The summed E-state index contributed by atoms with van der Waals surface area (Å²) in [5, 5.41) is 5.44. The maximum atomic E-state index is 2.39. The first-order chi connectivity index (χ1) is 13.2. The second-order valence-corrected chi connectivity index (χ2v) is 8.70. The summed E-state index contributed by atoms with van der Waals surface area (Å²) in [6.07, 6.45) is 0. The van der Waals surface area contributed by atoms with Crippen LogP contribution in [0, 0.1) is 55.4 Å². The summed E-state index contributed by atoms with van der Waals surface area (Å²) in [6, 6.07) is 14.2. The summed E-state index contributed by atoms with van der Waals surface area (Å²) >= 11 is 0. The van der Waals surface area contributed by atoms with Gasteiger partial charge < -0.3 is 0 Å². The van der Waals surface area contributed by atoms with E-state index in [0.29, 0.717) is 0 Å². The zero-order chi connectivity index (χ0) is 20.3. The highest BCUT2D eigenvalue weighted by Gasteiger charge is 2.18. The lowest BCUT2D eigenvalue weighted by Crippen LogP contribution is -1.98. The largest absolute Gasteiger partial charge is 0.0511 e. The summed E-state index contributed by atoms with van der Waals surface area (Å²) < 4.78 is 0. The third-order valence-electron chi connectivity index (χ3n) is 6.80. The van der Waals surface area contributed by atoms with Gasteiger partial charge in [-0.25, -0.2) is 0 Å². The summed E-state index contributed by atoms with van der Waals surface area (Å²) in [6.45, 7) is 17.9. The predicted octanol–water partition coefficient (Wildman–Crippen LogP) is 8.13. The van der Waals surface area contributed by atoms with Crippen LogP contribution < -0.4 is 0 Å². The van der Waals surface area contributed by atoms with Gasteiger partial charge in [-0.05, 0) is 133 Å². The molecule has 0 fully saturated rings. The number of rotatable bonds is 1. The Bertz CT molecular complexity index is 1160. The van der Waals surface area contributed by atoms with E-state index in [9.17, 15) is 0 Å². The van der Waals surface area contributed by atoms with Crippen molar-refractivity contribution >= 4 is 21.5 Å². The number of fused-ring (bicyclic) bond motifs is 2. The normalized spacial score (nSPS) is 11.6. The highest BCUT2D eigenvalue weighted by molar-refractivity contribution is 6.09. The van der Waals surface area contributed by atoms with Crippen LogP contribution in [0.1, 0.15) is 44.5 Å². The molecule has 0 N–H and O–H groups in total. The lowest BCUT2D eigenvalue weighted by Gasteiger charge is -2.21. The molecule has 0 aliphatic rings. The summed E-state index contributed by atoms with van der Waals surface area (Å²) in [7, 11) is 0. The van der Waals surface area contributed by atoms with Crippen LogP contribution in [0.25, 0.3) is 32.7 Å². The van der Waals surface area contributed by atoms with Gasteiger partial charge in [0.1, 0.15) is 0 Å². The Morgan fingerprint density at radius 3 is 1.00 bits per heavy atom. The van der Waals surface area contributed by atoms with Crippen molar-refractivity contribution in [3.8, 4) is 11.1 Å². The van der Waals surface area contributed by atoms with Crippen molar-refractivity contribution in [3.05, 3.63) is 80.9 Å². The zero-order valence-electron chi connectivity index (χ0n) is 18.5. The van der Waals surface area contributed by atoms with Crippen LogP contribution in [0.5, 0.6) is 0 Å². The van der Waals surface area contributed by atoms with Crippen LogP contribution in [0.2, 0.25) is 0 Å². The fourth-order valence-electron chi connectivity index (χ4n) is 4.47. The minimum atomic E-state index is 1.35. The van der Waals surface area contributed by atoms with Gasteiger partial charge in [0.25, 0.3) is 0 Å². The van der Waals surface area contributed by atoms with Gasteiger partial charge in [0, 0.05) is 0 Å². The molecule has 0 saturated heterocycles. The van der Waals surface area contributed by atoms with E-state index in [2.05, 4.69) is 91.8 Å². The Hall–Kier alpha value is -2.60. The first-order valence-corrected chi connectivity index (χ1v) is 10.2. The van der Waals surface area contributed by atoms with E-state index >= 15 is 0 Å². The Kier molecular flexibility index (Phi) is 4.34. The van der Waals surface area contributed by atoms with E-state index in [1.807, 2.05) is 0 Å². The van der Waals surface area contributed by atoms with Crippen LogP contribution in [0.3, 0.4) is 0 Å². The molecule has 4 aromatic carbocycles. The van der Waals surface area contributed by atoms with E-state index in [1.165, 1.54) is 77.2 Å². The predicted molar refractivity (Wildman–Crippen MR) is 125 cm³/mol. The maximum Gasteiger partial charge on any atom is -0.00644 e. The lowest BCUT2D eigenvalue weighted by molar-refractivity contribution is 1.31. The van der Waals surface area contributed by atoms with Gasteiger partial charge in [0.15, 0.2) is 0 Å². The maximum absolute atomic E-state index is 2.39. The summed E-state index contributed by atoms with van der Waals surface area (Å²) in [4.78, 5) is 0. The molecular weight excluding hydrogens is 336 g/mol. The van der Waals surface area contributed by atoms with Gasteiger partial charge in [-0.15, -0.1) is 0 Å². The molecule has 4 rings (SSSR count). The molecule has 4 aromatic rings. The lowest BCUT2D eigenvalue weighted by atomic mass is 9.83. The van der Waals surface area contributed by atoms with Crippen molar-refractivity contribution in [2.75, 3.05) is 0 Å². The molecule has 0 heteroatoms. The Morgan fingerprint density at radius 1 is 0.357 bits per heavy atom. The van der Waals surface area contributed by atoms with Gasteiger partial charge in [-0.2, -0.15) is 0 Å². The van der Waals surface area contributed by atoms with Gasteiger partial charge >= 0.3 is 0 Å². The number of benzene rings is 4. The van der Waals surface area contributed by atoms with E-state index < -0.39 is 0 Å². The topological polar surface area (TPSA) is 0 Å². The van der Waals surface area contributed by atoms with Gasteiger partial charge in [-0.1, -0.05) is 36.4 Å². The van der Waals surface area contributed by atoms with Crippen LogP contribution >= 0.6 is 0 Å². The molecule has 0 aliphatic heterocycles. The molecule has 0 radical (unpaired) electrons. The Labute approximate surface area is 169 Å². The second-order valence-electron chi connectivity index (χ2n) is 8.70. The fourth-order valence-corrected chi connectivity index (χ4v) is 4.47. The van der Waals surface area contributed by atoms with Crippen molar-refractivity contribution in [1.82, 2.24) is 0 Å². The minimum Gasteiger partial charge on any atom is -0.0511 e. The second kappa shape index (κ2) is 6.48. The van der Waals surface area contributed by atoms with Crippen molar-refractivity contribution in [1.29, 1.82) is 0 Å². The summed E-state index contributed by atoms with van der Waals surface area (Å²) in [5.41, 5.74) is 13.8. The van der Waals surface area contributed by atoms with Crippen molar-refractivity contribution in [3.63, 3.8) is 0 Å². The standard InChI is InChI=1S/C28H30/c1-15-9-23-11-19(5)21(7)27(25(23)13-17(15)3)28-22(8)20(6)12-24-10-16(2)18(4)14-26(24)28/h9-14H,1-8H3. The van der Waals surface area contributed by atoms with Gasteiger partial charge in [0.2, 0.25) is 0 Å². The van der Waals surface area contributed by atoms with E-state index in [0.717, 1.165) is 0 Å². The third kappa shape index (κ3) is 2.75. The Morgan fingerprint density at radius 2 is 0.643 bits per heavy atom. The molecule has 28 heavy (non-hydrogen) atoms. The minimum absolute atomic E-state index is 1.35. The SMILES string of the molecule is Cc1cc2cc(C)c(C)c(-c3c(C)c(C)cc4cc(C)c(C)cc34)c2cc1C. The van der Waals surface area contributed by atoms with Crippen molar-refractivity contribution < 1.29 is 0 Å². The molecular formula is C28H30. The van der Waals surface area contributed by atoms with Crippen LogP contribution in [0.15, 0.2) is 36.4 Å². The van der Waals surface area contributed by atoms with Crippen LogP contribution in [-0.4, -0.2) is 0 Å². The molecule has 0 nitrogen and oxygen atoms in total. The number of aryl methyl sites for hydroxylation is 6. The highest BCUT2D eigenvalue weighted by atomic mass is 14.2. The monoisotopic (exact) mass is 366 g/mol. The first kappa shape index (κ1) is 18.7. The first-order valence-electron chi connectivity index (χ1n) is 10.2. The average Bonchev–Trinajstić information content (AvgIpc) is 2.63. The Balaban J connectivity index is 2.27. The fraction of sp³-hybridized carbons (Fsp3) is 0.286. The van der Waals surface area contributed by atoms with E-state index in [-0.39, 0.29) is 0 Å². The van der Waals surface area contributed by atoms with Crippen LogP contribution in [0.4, 0.5) is 0 Å². The number of hydrogen-bond donors (Lipinski definition) is 0. The highest BCUT2D eigenvalue weighted by Crippen LogP contribution is 2.42. The third-order valence-corrected chi connectivity index (χ3v) is 6.80. The van der Waals surface area contributed by atoms with Gasteiger partial charge in [-0.3, -0.25) is 0 Å². The molecule has 0 heterocycles. The summed E-state index contributed by atoms with van der Waals surface area (Å²) in [5.74, 6) is 0. The quantitative estimate of drug-likeness (QED) is 0.319. The van der Waals surface area contributed by atoms with E-state index in [1.54, 1.807) is 0 Å². The van der Waals surface area contributed by atoms with E-state index in [4.69, 9.17) is 0 Å². The van der Waals surface area contributed by atoms with Crippen molar-refractivity contribution in [2.24, 2.45) is 0 Å². The molecule has 142 valence electrons. The average molecular weight is 367 g/mol. The molecule has 0 aliphatic carbocycles. The van der Waals surface area contributed by atoms with Crippen molar-refractivity contribution in [2.45, 2.75) is 55.4 Å². The molecule has 0 aromatic heterocycles. The van der Waals surface area contributed by atoms with Gasteiger partial charge in [0.05, 0.1) is 0 Å². The molecule has 0 spiro atoms. The zero-order valence-corrected chi connectivity index (χ0v) is 18.5. The number of hydrogen-bond acceptors (Lipinski definition) is 0. The molecule has 0 bridgehead atoms. The molecule has 0 atom stereocenters. The molecule has 0 amide bonds. The molecule has 0 saturated carbocycles. The smallest absolute Gasteiger partial charge is 0.00644 e. The molecule has 0 unspecified atom stereocenters. The van der Waals surface area contributed by atoms with Crippen LogP contribution in [-0.2, 0) is 0 Å².